The average Bonchev–Trinajstić information content (AvgIpc) is 2.69. The fourth-order valence-electron chi connectivity index (χ4n) is 3.06. The second-order valence-corrected chi connectivity index (χ2v) is 9.46. The van der Waals surface area contributed by atoms with Crippen LogP contribution >= 0.6 is 0 Å². The van der Waals surface area contributed by atoms with E-state index < -0.39 is 10.0 Å². The molecular formula is C24H26N2O3S. The van der Waals surface area contributed by atoms with E-state index in [1.165, 1.54) is 10.6 Å². The molecular weight excluding hydrogens is 396 g/mol. The Morgan fingerprint density at radius 3 is 2.07 bits per heavy atom. The molecule has 3 aromatic carbocycles. The number of benzene rings is 3. The highest BCUT2D eigenvalue weighted by atomic mass is 32.2. The van der Waals surface area contributed by atoms with Crippen LogP contribution in [0.3, 0.4) is 0 Å². The van der Waals surface area contributed by atoms with Gasteiger partial charge in [-0.15, -0.1) is 0 Å². The molecule has 1 N–H and O–H groups in total. The molecule has 0 aliphatic carbocycles. The zero-order valence-corrected chi connectivity index (χ0v) is 18.5. The number of sulfonamides is 1. The highest BCUT2D eigenvalue weighted by Gasteiger charge is 2.18. The Bertz CT molecular complexity index is 1150. The number of aryl methyl sites for hydroxylation is 3. The van der Waals surface area contributed by atoms with Crippen molar-refractivity contribution in [1.29, 1.82) is 0 Å². The van der Waals surface area contributed by atoms with Gasteiger partial charge in [0.2, 0.25) is 10.0 Å². The van der Waals surface area contributed by atoms with Crippen molar-refractivity contribution in [3.8, 4) is 0 Å². The summed E-state index contributed by atoms with van der Waals surface area (Å²) in [6.07, 6.45) is 1.18. The molecule has 0 atom stereocenters. The van der Waals surface area contributed by atoms with Gasteiger partial charge >= 0.3 is 0 Å². The number of carbonyl (C=O) groups is 1. The summed E-state index contributed by atoms with van der Waals surface area (Å²) < 4.78 is 26.1. The van der Waals surface area contributed by atoms with Crippen LogP contribution in [0, 0.1) is 20.8 Å². The van der Waals surface area contributed by atoms with Crippen molar-refractivity contribution in [1.82, 2.24) is 0 Å². The Hall–Kier alpha value is -3.12. The number of rotatable bonds is 6. The summed E-state index contributed by atoms with van der Waals surface area (Å²) in [5, 5.41) is 2.88. The average molecular weight is 423 g/mol. The van der Waals surface area contributed by atoms with Gasteiger partial charge in [0.25, 0.3) is 5.91 Å². The smallest absolute Gasteiger partial charge is 0.255 e. The molecule has 0 aliphatic rings. The van der Waals surface area contributed by atoms with Crippen LogP contribution in [0.25, 0.3) is 0 Å². The summed E-state index contributed by atoms with van der Waals surface area (Å²) in [5.41, 5.74) is 5.96. The van der Waals surface area contributed by atoms with Crippen molar-refractivity contribution in [2.75, 3.05) is 15.9 Å². The first-order chi connectivity index (χ1) is 14.1. The minimum atomic E-state index is -3.48. The molecule has 0 aliphatic heterocycles. The van der Waals surface area contributed by atoms with Crippen LogP contribution in [0.1, 0.15) is 32.6 Å². The monoisotopic (exact) mass is 422 g/mol. The molecule has 6 heteroatoms. The number of carbonyl (C=O) groups excluding carboxylic acids is 1. The van der Waals surface area contributed by atoms with Crippen molar-refractivity contribution in [2.24, 2.45) is 0 Å². The van der Waals surface area contributed by atoms with Crippen LogP contribution in [-0.2, 0) is 16.6 Å². The molecule has 0 unspecified atom stereocenters. The molecule has 0 saturated heterocycles. The maximum absolute atomic E-state index is 12.6. The minimum absolute atomic E-state index is 0.229. The molecule has 0 saturated carbocycles. The molecule has 1 amide bonds. The fourth-order valence-corrected chi connectivity index (χ4v) is 3.95. The largest absolute Gasteiger partial charge is 0.322 e. The van der Waals surface area contributed by atoms with Gasteiger partial charge in [-0.05, 0) is 73.9 Å². The van der Waals surface area contributed by atoms with Crippen molar-refractivity contribution < 1.29 is 13.2 Å². The molecule has 30 heavy (non-hydrogen) atoms. The predicted octanol–water partition coefficient (Wildman–Crippen LogP) is 4.83. The Balaban J connectivity index is 1.79. The number of nitrogens with one attached hydrogen (secondary N) is 1. The molecule has 156 valence electrons. The molecule has 5 nitrogen and oxygen atoms in total. The lowest BCUT2D eigenvalue weighted by Crippen LogP contribution is -2.29. The summed E-state index contributed by atoms with van der Waals surface area (Å²) in [4.78, 5) is 12.6. The molecule has 3 aromatic rings. The van der Waals surface area contributed by atoms with Crippen LogP contribution in [0.4, 0.5) is 11.4 Å². The number of amides is 1. The van der Waals surface area contributed by atoms with E-state index in [1.807, 2.05) is 63.2 Å². The maximum atomic E-state index is 12.6. The lowest BCUT2D eigenvalue weighted by molar-refractivity contribution is 0.102. The highest BCUT2D eigenvalue weighted by molar-refractivity contribution is 7.92. The summed E-state index contributed by atoms with van der Waals surface area (Å²) in [7, 11) is -3.48. The standard InChI is InChI=1S/C24H26N2O3S/c1-17-5-8-20(9-6-17)16-26(30(4,28)29)23-13-10-21(11-14-23)24(27)25-22-12-7-18(2)19(3)15-22/h5-15H,16H2,1-4H3,(H,25,27). The summed E-state index contributed by atoms with van der Waals surface area (Å²) in [6.45, 7) is 6.23. The van der Waals surface area contributed by atoms with Crippen molar-refractivity contribution >= 4 is 27.3 Å². The van der Waals surface area contributed by atoms with Gasteiger partial charge in [-0.1, -0.05) is 35.9 Å². The summed E-state index contributed by atoms with van der Waals surface area (Å²) in [5.74, 6) is -0.241. The van der Waals surface area contributed by atoms with E-state index in [0.717, 1.165) is 27.9 Å². The third kappa shape index (κ3) is 5.27. The second-order valence-electron chi connectivity index (χ2n) is 7.56. The van der Waals surface area contributed by atoms with Crippen molar-refractivity contribution in [2.45, 2.75) is 27.3 Å². The van der Waals surface area contributed by atoms with E-state index in [-0.39, 0.29) is 12.5 Å². The van der Waals surface area contributed by atoms with Gasteiger partial charge in [0.1, 0.15) is 0 Å². The third-order valence-corrected chi connectivity index (χ3v) is 6.17. The van der Waals surface area contributed by atoms with Crippen molar-refractivity contribution in [3.63, 3.8) is 0 Å². The number of nitrogens with zero attached hydrogens (tertiary/aromatic N) is 1. The van der Waals surface area contributed by atoms with Gasteiger partial charge in [0.15, 0.2) is 0 Å². The Morgan fingerprint density at radius 2 is 1.50 bits per heavy atom. The zero-order valence-electron chi connectivity index (χ0n) is 17.6. The fraction of sp³-hybridized carbons (Fsp3) is 0.208. The van der Waals surface area contributed by atoms with E-state index in [0.29, 0.717) is 11.3 Å². The van der Waals surface area contributed by atoms with E-state index in [1.54, 1.807) is 24.3 Å². The molecule has 0 heterocycles. The quantitative estimate of drug-likeness (QED) is 0.619. The molecule has 0 aromatic heterocycles. The van der Waals surface area contributed by atoms with Crippen LogP contribution in [0.15, 0.2) is 66.7 Å². The van der Waals surface area contributed by atoms with Crippen LogP contribution in [-0.4, -0.2) is 20.6 Å². The first-order valence-corrected chi connectivity index (χ1v) is 11.5. The van der Waals surface area contributed by atoms with Gasteiger partial charge < -0.3 is 5.32 Å². The zero-order chi connectivity index (χ0) is 21.9. The second kappa shape index (κ2) is 8.71. The highest BCUT2D eigenvalue weighted by Crippen LogP contribution is 2.22. The summed E-state index contributed by atoms with van der Waals surface area (Å²) in [6, 6.07) is 20.1. The van der Waals surface area contributed by atoms with Crippen LogP contribution < -0.4 is 9.62 Å². The topological polar surface area (TPSA) is 66.5 Å². The van der Waals surface area contributed by atoms with Gasteiger partial charge in [-0.2, -0.15) is 0 Å². The lowest BCUT2D eigenvalue weighted by atomic mass is 10.1. The van der Waals surface area contributed by atoms with Gasteiger partial charge in [0.05, 0.1) is 18.5 Å². The normalized spacial score (nSPS) is 11.2. The first kappa shape index (κ1) is 21.6. The van der Waals surface area contributed by atoms with Crippen LogP contribution in [0.5, 0.6) is 0 Å². The predicted molar refractivity (Wildman–Crippen MR) is 123 cm³/mol. The van der Waals surface area contributed by atoms with E-state index >= 15 is 0 Å². The number of anilines is 2. The van der Waals surface area contributed by atoms with Gasteiger partial charge in [-0.3, -0.25) is 9.10 Å². The van der Waals surface area contributed by atoms with Crippen LogP contribution in [0.2, 0.25) is 0 Å². The Labute approximate surface area is 178 Å². The molecule has 0 radical (unpaired) electrons. The minimum Gasteiger partial charge on any atom is -0.322 e. The van der Waals surface area contributed by atoms with E-state index in [2.05, 4.69) is 5.32 Å². The molecule has 0 spiro atoms. The molecule has 3 rings (SSSR count). The first-order valence-electron chi connectivity index (χ1n) is 9.65. The van der Waals surface area contributed by atoms with Gasteiger partial charge in [0, 0.05) is 11.3 Å². The number of hydrogen-bond donors (Lipinski definition) is 1. The van der Waals surface area contributed by atoms with E-state index in [9.17, 15) is 13.2 Å². The lowest BCUT2D eigenvalue weighted by Gasteiger charge is -2.23. The summed E-state index contributed by atoms with van der Waals surface area (Å²) >= 11 is 0. The number of hydrogen-bond acceptors (Lipinski definition) is 3. The molecule has 0 bridgehead atoms. The molecule has 0 fully saturated rings. The Kier molecular flexibility index (Phi) is 6.27. The SMILES string of the molecule is Cc1ccc(CN(c2ccc(C(=O)Nc3ccc(C)c(C)c3)cc2)S(C)(=O)=O)cc1. The Morgan fingerprint density at radius 1 is 0.867 bits per heavy atom. The van der Waals surface area contributed by atoms with Gasteiger partial charge in [-0.25, -0.2) is 8.42 Å². The van der Waals surface area contributed by atoms with Crippen molar-refractivity contribution in [3.05, 3.63) is 94.5 Å². The third-order valence-electron chi connectivity index (χ3n) is 5.03. The van der Waals surface area contributed by atoms with E-state index in [4.69, 9.17) is 0 Å². The maximum Gasteiger partial charge on any atom is 0.255 e.